The van der Waals surface area contributed by atoms with Gasteiger partial charge in [-0.2, -0.15) is 0 Å². The van der Waals surface area contributed by atoms with Gasteiger partial charge < -0.3 is 19.5 Å². The maximum atomic E-state index is 12.7. The molecule has 1 saturated carbocycles. The normalized spacial score (nSPS) is 26.2. The molecule has 2 aliphatic rings. The second-order valence-electron chi connectivity index (χ2n) is 5.60. The predicted octanol–water partition coefficient (Wildman–Crippen LogP) is 1.04. The number of amides is 1. The Hall–Kier alpha value is -1.14. The molecule has 114 valence electrons. The van der Waals surface area contributed by atoms with Gasteiger partial charge in [0, 0.05) is 20.2 Å². The number of carboxylic acids is 1. The molecule has 1 amide bonds. The van der Waals surface area contributed by atoms with E-state index in [2.05, 4.69) is 0 Å². The van der Waals surface area contributed by atoms with Gasteiger partial charge in [0.1, 0.15) is 5.60 Å². The number of hydrogen-bond acceptors (Lipinski definition) is 4. The summed E-state index contributed by atoms with van der Waals surface area (Å²) in [5.74, 6) is -0.901. The molecule has 1 aliphatic heterocycles. The summed E-state index contributed by atoms with van der Waals surface area (Å²) in [6.07, 6.45) is 4.17. The SMILES string of the molecule is COC1(C(=O)N2CCOC(CC(=O)O)C2)CCCCC1. The van der Waals surface area contributed by atoms with Crippen molar-refractivity contribution < 1.29 is 24.2 Å². The van der Waals surface area contributed by atoms with Gasteiger partial charge in [0.2, 0.25) is 0 Å². The maximum Gasteiger partial charge on any atom is 0.306 e. The third-order valence-corrected chi connectivity index (χ3v) is 4.27. The molecule has 20 heavy (non-hydrogen) atoms. The number of aliphatic carboxylic acids is 1. The fourth-order valence-corrected chi connectivity index (χ4v) is 3.14. The van der Waals surface area contributed by atoms with Crippen LogP contribution >= 0.6 is 0 Å². The molecule has 1 heterocycles. The van der Waals surface area contributed by atoms with Gasteiger partial charge in [-0.05, 0) is 12.8 Å². The second kappa shape index (κ2) is 6.54. The highest BCUT2D eigenvalue weighted by Crippen LogP contribution is 2.33. The number of methoxy groups -OCH3 is 1. The minimum absolute atomic E-state index is 0.00149. The van der Waals surface area contributed by atoms with Crippen molar-refractivity contribution in [2.45, 2.75) is 50.2 Å². The van der Waals surface area contributed by atoms with Crippen LogP contribution in [-0.4, -0.2) is 60.4 Å². The van der Waals surface area contributed by atoms with Crippen LogP contribution in [0.5, 0.6) is 0 Å². The number of carbonyl (C=O) groups excluding carboxylic acids is 1. The fourth-order valence-electron chi connectivity index (χ4n) is 3.14. The fraction of sp³-hybridized carbons (Fsp3) is 0.857. The van der Waals surface area contributed by atoms with Crippen LogP contribution in [0.4, 0.5) is 0 Å². The Kier molecular flexibility index (Phi) is 4.99. The first kappa shape index (κ1) is 15.3. The number of morpholine rings is 1. The number of nitrogens with zero attached hydrogens (tertiary/aromatic N) is 1. The van der Waals surface area contributed by atoms with E-state index in [1.165, 1.54) is 0 Å². The Balaban J connectivity index is 2.01. The lowest BCUT2D eigenvalue weighted by atomic mass is 9.83. The van der Waals surface area contributed by atoms with Crippen LogP contribution in [0.2, 0.25) is 0 Å². The number of rotatable bonds is 4. The molecule has 1 aliphatic carbocycles. The van der Waals surface area contributed by atoms with Crippen LogP contribution in [0, 0.1) is 0 Å². The van der Waals surface area contributed by atoms with E-state index in [9.17, 15) is 9.59 Å². The highest BCUT2D eigenvalue weighted by atomic mass is 16.5. The van der Waals surface area contributed by atoms with E-state index in [-0.39, 0.29) is 12.3 Å². The molecule has 0 aromatic heterocycles. The van der Waals surface area contributed by atoms with Gasteiger partial charge in [-0.3, -0.25) is 9.59 Å². The molecule has 1 N–H and O–H groups in total. The van der Waals surface area contributed by atoms with Crippen molar-refractivity contribution in [3.63, 3.8) is 0 Å². The lowest BCUT2D eigenvalue weighted by Crippen LogP contribution is -2.56. The third kappa shape index (κ3) is 3.30. The smallest absolute Gasteiger partial charge is 0.306 e. The first-order valence-electron chi connectivity index (χ1n) is 7.25. The van der Waals surface area contributed by atoms with Crippen LogP contribution in [-0.2, 0) is 19.1 Å². The van der Waals surface area contributed by atoms with Gasteiger partial charge in [-0.1, -0.05) is 19.3 Å². The Morgan fingerprint density at radius 1 is 1.35 bits per heavy atom. The number of carboxylic acid groups (broad SMARTS) is 1. The molecule has 0 radical (unpaired) electrons. The van der Waals surface area contributed by atoms with Crippen molar-refractivity contribution in [1.82, 2.24) is 4.90 Å². The van der Waals surface area contributed by atoms with E-state index in [0.717, 1.165) is 32.1 Å². The summed E-state index contributed by atoms with van der Waals surface area (Å²) >= 11 is 0. The largest absolute Gasteiger partial charge is 0.481 e. The highest BCUT2D eigenvalue weighted by molar-refractivity contribution is 5.85. The molecular weight excluding hydrogens is 262 g/mol. The molecule has 0 aromatic carbocycles. The van der Waals surface area contributed by atoms with Crippen LogP contribution in [0.15, 0.2) is 0 Å². The summed E-state index contributed by atoms with van der Waals surface area (Å²) in [5.41, 5.74) is -0.705. The van der Waals surface area contributed by atoms with E-state index >= 15 is 0 Å². The van der Waals surface area contributed by atoms with Gasteiger partial charge in [0.15, 0.2) is 0 Å². The van der Waals surface area contributed by atoms with Gasteiger partial charge in [-0.15, -0.1) is 0 Å². The quantitative estimate of drug-likeness (QED) is 0.835. The van der Waals surface area contributed by atoms with Crippen molar-refractivity contribution in [3.8, 4) is 0 Å². The maximum absolute atomic E-state index is 12.7. The van der Waals surface area contributed by atoms with E-state index < -0.39 is 17.7 Å². The summed E-state index contributed by atoms with van der Waals surface area (Å²) < 4.78 is 11.0. The Morgan fingerprint density at radius 2 is 2.05 bits per heavy atom. The lowest BCUT2D eigenvalue weighted by Gasteiger charge is -2.41. The zero-order valence-corrected chi connectivity index (χ0v) is 12.0. The van der Waals surface area contributed by atoms with Crippen molar-refractivity contribution in [2.75, 3.05) is 26.8 Å². The molecule has 0 aromatic rings. The molecular formula is C14H23NO5. The lowest BCUT2D eigenvalue weighted by molar-refractivity contribution is -0.167. The number of carbonyl (C=O) groups is 2. The van der Waals surface area contributed by atoms with Crippen molar-refractivity contribution in [3.05, 3.63) is 0 Å². The Morgan fingerprint density at radius 3 is 2.65 bits per heavy atom. The molecule has 2 fully saturated rings. The summed E-state index contributed by atoms with van der Waals surface area (Å²) in [6, 6.07) is 0. The zero-order valence-electron chi connectivity index (χ0n) is 12.0. The minimum Gasteiger partial charge on any atom is -0.481 e. The van der Waals surface area contributed by atoms with Crippen molar-refractivity contribution in [1.29, 1.82) is 0 Å². The molecule has 2 rings (SSSR count). The highest BCUT2D eigenvalue weighted by Gasteiger charge is 2.43. The first-order chi connectivity index (χ1) is 9.57. The Bertz CT molecular complexity index is 365. The topological polar surface area (TPSA) is 76.1 Å². The van der Waals surface area contributed by atoms with E-state index in [0.29, 0.717) is 19.7 Å². The van der Waals surface area contributed by atoms with Crippen LogP contribution < -0.4 is 0 Å². The summed E-state index contributed by atoms with van der Waals surface area (Å²) in [7, 11) is 1.60. The molecule has 1 saturated heterocycles. The molecule has 6 heteroatoms. The molecule has 6 nitrogen and oxygen atoms in total. The number of ether oxygens (including phenoxy) is 2. The first-order valence-corrected chi connectivity index (χ1v) is 7.25. The van der Waals surface area contributed by atoms with Crippen LogP contribution in [0.25, 0.3) is 0 Å². The predicted molar refractivity (Wildman–Crippen MR) is 71.4 cm³/mol. The van der Waals surface area contributed by atoms with Crippen molar-refractivity contribution in [2.24, 2.45) is 0 Å². The van der Waals surface area contributed by atoms with E-state index in [1.807, 2.05) is 0 Å². The molecule has 1 unspecified atom stereocenters. The molecule has 1 atom stereocenters. The average Bonchev–Trinajstić information content (AvgIpc) is 2.47. The number of hydrogen-bond donors (Lipinski definition) is 1. The summed E-state index contributed by atoms with van der Waals surface area (Å²) in [5, 5.41) is 8.83. The molecule has 0 bridgehead atoms. The van der Waals surface area contributed by atoms with Crippen molar-refractivity contribution >= 4 is 11.9 Å². The van der Waals surface area contributed by atoms with Gasteiger partial charge in [0.05, 0.1) is 19.1 Å². The average molecular weight is 285 g/mol. The minimum atomic E-state index is -0.900. The van der Waals surface area contributed by atoms with Crippen LogP contribution in [0.3, 0.4) is 0 Å². The van der Waals surface area contributed by atoms with Crippen LogP contribution in [0.1, 0.15) is 38.5 Å². The standard InChI is InChI=1S/C14H23NO5/c1-19-14(5-3-2-4-6-14)13(18)15-7-8-20-11(10-15)9-12(16)17/h11H,2-10H2,1H3,(H,16,17). The molecule has 0 spiro atoms. The zero-order chi connectivity index (χ0) is 14.6. The van der Waals surface area contributed by atoms with Gasteiger partial charge in [-0.25, -0.2) is 0 Å². The summed E-state index contributed by atoms with van der Waals surface area (Å²) in [6.45, 7) is 1.25. The van der Waals surface area contributed by atoms with Gasteiger partial charge in [0.25, 0.3) is 5.91 Å². The monoisotopic (exact) mass is 285 g/mol. The second-order valence-corrected chi connectivity index (χ2v) is 5.60. The van der Waals surface area contributed by atoms with Gasteiger partial charge >= 0.3 is 5.97 Å². The summed E-state index contributed by atoms with van der Waals surface area (Å²) in [4.78, 5) is 25.2. The van der Waals surface area contributed by atoms with E-state index in [4.69, 9.17) is 14.6 Å². The third-order valence-electron chi connectivity index (χ3n) is 4.27. The van der Waals surface area contributed by atoms with E-state index in [1.54, 1.807) is 12.0 Å². The Labute approximate surface area is 119 Å².